The summed E-state index contributed by atoms with van der Waals surface area (Å²) < 4.78 is 19.2. The van der Waals surface area contributed by atoms with Crippen molar-refractivity contribution in [3.63, 3.8) is 0 Å². The van der Waals surface area contributed by atoms with Crippen LogP contribution in [0, 0.1) is 5.82 Å². The summed E-state index contributed by atoms with van der Waals surface area (Å²) in [7, 11) is 1.94. The van der Waals surface area contributed by atoms with Crippen LogP contribution in [0.3, 0.4) is 0 Å². The van der Waals surface area contributed by atoms with Crippen LogP contribution in [0.5, 0.6) is 0 Å². The van der Waals surface area contributed by atoms with Crippen LogP contribution in [0.4, 0.5) is 4.39 Å². The quantitative estimate of drug-likeness (QED) is 0.920. The molecule has 1 N–H and O–H groups in total. The highest BCUT2D eigenvalue weighted by molar-refractivity contribution is 9.10. The number of hydrogen-bond donors (Lipinski definition) is 1. The van der Waals surface area contributed by atoms with Gasteiger partial charge in [0.25, 0.3) is 0 Å². The smallest absolute Gasteiger partial charge is 0.137 e. The molecular formula is C14H19BrFNO2. The van der Waals surface area contributed by atoms with Crippen molar-refractivity contribution < 1.29 is 14.2 Å². The zero-order chi connectivity index (χ0) is 13.9. The van der Waals surface area contributed by atoms with Gasteiger partial charge >= 0.3 is 0 Å². The number of aliphatic hydroxyl groups is 1. The number of hydrogen-bond acceptors (Lipinski definition) is 3. The Labute approximate surface area is 121 Å². The highest BCUT2D eigenvalue weighted by Gasteiger charge is 2.31. The summed E-state index contributed by atoms with van der Waals surface area (Å²) in [5, 5.41) is 10.4. The Morgan fingerprint density at radius 3 is 2.79 bits per heavy atom. The zero-order valence-electron chi connectivity index (χ0n) is 11.0. The van der Waals surface area contributed by atoms with Gasteiger partial charge in [-0.3, -0.25) is 4.90 Å². The minimum absolute atomic E-state index is 0.254. The first-order valence-corrected chi connectivity index (χ1v) is 7.21. The first-order chi connectivity index (χ1) is 9.00. The number of halogens is 2. The Morgan fingerprint density at radius 1 is 1.42 bits per heavy atom. The second-order valence-corrected chi connectivity index (χ2v) is 6.01. The standard InChI is InChI=1S/C14H19BrFNO2/c1-17(10-14(18)5-7-19-8-6-14)9-11-3-2-4-12(16)13(11)15/h2-4,18H,5-10H2,1H3. The van der Waals surface area contributed by atoms with Crippen LogP contribution in [-0.4, -0.2) is 42.4 Å². The SMILES string of the molecule is CN(Cc1cccc(F)c1Br)CC1(O)CCOCC1. The van der Waals surface area contributed by atoms with Crippen LogP contribution < -0.4 is 0 Å². The van der Waals surface area contributed by atoms with Crippen molar-refractivity contribution in [2.45, 2.75) is 25.0 Å². The fourth-order valence-electron chi connectivity index (χ4n) is 2.43. The first kappa shape index (κ1) is 14.9. The van der Waals surface area contributed by atoms with E-state index in [1.165, 1.54) is 6.07 Å². The third kappa shape index (κ3) is 3.99. The van der Waals surface area contributed by atoms with Crippen LogP contribution in [0.1, 0.15) is 18.4 Å². The van der Waals surface area contributed by atoms with E-state index >= 15 is 0 Å². The van der Waals surface area contributed by atoms with E-state index in [1.807, 2.05) is 18.0 Å². The van der Waals surface area contributed by atoms with Gasteiger partial charge in [0.2, 0.25) is 0 Å². The molecule has 0 aliphatic carbocycles. The molecule has 0 radical (unpaired) electrons. The summed E-state index contributed by atoms with van der Waals surface area (Å²) in [6.45, 7) is 2.38. The molecule has 0 atom stereocenters. The molecule has 3 nitrogen and oxygen atoms in total. The van der Waals surface area contributed by atoms with Gasteiger partial charge in [0.05, 0.1) is 10.1 Å². The Morgan fingerprint density at radius 2 is 2.11 bits per heavy atom. The molecule has 1 aliphatic rings. The molecule has 1 heterocycles. The minimum Gasteiger partial charge on any atom is -0.388 e. The average Bonchev–Trinajstić information content (AvgIpc) is 2.35. The molecule has 0 bridgehead atoms. The summed E-state index contributed by atoms with van der Waals surface area (Å²) in [5.41, 5.74) is 0.199. The molecule has 0 spiro atoms. The van der Waals surface area contributed by atoms with Crippen LogP contribution in [0.15, 0.2) is 22.7 Å². The molecule has 0 amide bonds. The lowest BCUT2D eigenvalue weighted by Gasteiger charge is -2.35. The first-order valence-electron chi connectivity index (χ1n) is 6.42. The second-order valence-electron chi connectivity index (χ2n) is 5.22. The van der Waals surface area contributed by atoms with Gasteiger partial charge in [0, 0.05) is 39.1 Å². The molecule has 0 saturated carbocycles. The Balaban J connectivity index is 1.97. The third-order valence-corrected chi connectivity index (χ3v) is 4.35. The number of benzene rings is 1. The van der Waals surface area contributed by atoms with Gasteiger partial charge in [-0.15, -0.1) is 0 Å². The number of nitrogens with zero attached hydrogens (tertiary/aromatic N) is 1. The van der Waals surface area contributed by atoms with E-state index in [1.54, 1.807) is 6.07 Å². The maximum Gasteiger partial charge on any atom is 0.137 e. The molecule has 1 fully saturated rings. The molecule has 1 saturated heterocycles. The Bertz CT molecular complexity index is 435. The molecule has 106 valence electrons. The van der Waals surface area contributed by atoms with Gasteiger partial charge in [-0.1, -0.05) is 12.1 Å². The predicted octanol–water partition coefficient (Wildman–Crippen LogP) is 2.56. The Kier molecular flexibility index (Phi) is 4.95. The largest absolute Gasteiger partial charge is 0.388 e. The molecule has 1 aromatic carbocycles. The molecule has 0 aromatic heterocycles. The topological polar surface area (TPSA) is 32.7 Å². The third-order valence-electron chi connectivity index (χ3n) is 3.46. The fourth-order valence-corrected chi connectivity index (χ4v) is 2.82. The molecule has 19 heavy (non-hydrogen) atoms. The molecule has 5 heteroatoms. The van der Waals surface area contributed by atoms with Crippen molar-refractivity contribution in [3.05, 3.63) is 34.1 Å². The van der Waals surface area contributed by atoms with Gasteiger partial charge < -0.3 is 9.84 Å². The number of rotatable bonds is 4. The second kappa shape index (κ2) is 6.31. The molecular weight excluding hydrogens is 313 g/mol. The van der Waals surface area contributed by atoms with Crippen LogP contribution in [-0.2, 0) is 11.3 Å². The summed E-state index contributed by atoms with van der Waals surface area (Å²) in [4.78, 5) is 2.02. The molecule has 0 unspecified atom stereocenters. The van der Waals surface area contributed by atoms with E-state index in [9.17, 15) is 9.50 Å². The van der Waals surface area contributed by atoms with E-state index in [2.05, 4.69) is 15.9 Å². The summed E-state index contributed by atoms with van der Waals surface area (Å²) in [6, 6.07) is 5.02. The molecule has 1 aromatic rings. The lowest BCUT2D eigenvalue weighted by atomic mass is 9.94. The van der Waals surface area contributed by atoms with Crippen molar-refractivity contribution in [1.82, 2.24) is 4.90 Å². The maximum absolute atomic E-state index is 13.4. The van der Waals surface area contributed by atoms with E-state index < -0.39 is 5.60 Å². The average molecular weight is 332 g/mol. The minimum atomic E-state index is -0.688. The Hall–Kier alpha value is -0.490. The van der Waals surface area contributed by atoms with E-state index in [0.717, 1.165) is 5.56 Å². The lowest BCUT2D eigenvalue weighted by molar-refractivity contribution is -0.0777. The van der Waals surface area contributed by atoms with E-state index in [0.29, 0.717) is 43.6 Å². The maximum atomic E-state index is 13.4. The van der Waals surface area contributed by atoms with Gasteiger partial charge in [-0.2, -0.15) is 0 Å². The summed E-state index contributed by atoms with van der Waals surface area (Å²) in [6.07, 6.45) is 1.31. The van der Waals surface area contributed by atoms with Gasteiger partial charge in [-0.05, 0) is 34.6 Å². The van der Waals surface area contributed by atoms with Crippen LogP contribution >= 0.6 is 15.9 Å². The van der Waals surface area contributed by atoms with Crippen LogP contribution in [0.25, 0.3) is 0 Å². The number of ether oxygens (including phenoxy) is 1. The van der Waals surface area contributed by atoms with Crippen molar-refractivity contribution >= 4 is 15.9 Å². The molecule has 1 aliphatic heterocycles. The summed E-state index contributed by atoms with van der Waals surface area (Å²) in [5.74, 6) is -0.254. The number of likely N-dealkylation sites (N-methyl/N-ethyl adjacent to an activating group) is 1. The molecule has 2 rings (SSSR count). The lowest BCUT2D eigenvalue weighted by Crippen LogP contribution is -2.45. The highest BCUT2D eigenvalue weighted by Crippen LogP contribution is 2.24. The van der Waals surface area contributed by atoms with Crippen molar-refractivity contribution in [2.75, 3.05) is 26.8 Å². The summed E-state index contributed by atoms with van der Waals surface area (Å²) >= 11 is 3.26. The van der Waals surface area contributed by atoms with Crippen molar-refractivity contribution in [2.24, 2.45) is 0 Å². The van der Waals surface area contributed by atoms with Gasteiger partial charge in [0.15, 0.2) is 0 Å². The van der Waals surface area contributed by atoms with E-state index in [-0.39, 0.29) is 5.82 Å². The van der Waals surface area contributed by atoms with Crippen molar-refractivity contribution in [3.8, 4) is 0 Å². The monoisotopic (exact) mass is 331 g/mol. The normalized spacial score (nSPS) is 18.8. The highest BCUT2D eigenvalue weighted by atomic mass is 79.9. The van der Waals surface area contributed by atoms with Gasteiger partial charge in [0.1, 0.15) is 5.82 Å². The van der Waals surface area contributed by atoms with Crippen LogP contribution in [0.2, 0.25) is 0 Å². The van der Waals surface area contributed by atoms with Gasteiger partial charge in [-0.25, -0.2) is 4.39 Å². The predicted molar refractivity (Wildman–Crippen MR) is 75.4 cm³/mol. The zero-order valence-corrected chi connectivity index (χ0v) is 12.6. The van der Waals surface area contributed by atoms with Crippen molar-refractivity contribution in [1.29, 1.82) is 0 Å². The van der Waals surface area contributed by atoms with E-state index in [4.69, 9.17) is 4.74 Å². The fraction of sp³-hybridized carbons (Fsp3) is 0.571.